The van der Waals surface area contributed by atoms with Crippen molar-refractivity contribution in [2.24, 2.45) is 0 Å². The minimum absolute atomic E-state index is 0.239. The fraction of sp³-hybridized carbons (Fsp3) is 0.250. The molecule has 0 saturated carbocycles. The van der Waals surface area contributed by atoms with E-state index in [9.17, 15) is 14.4 Å². The number of urea groups is 1. The third kappa shape index (κ3) is 3.44. The van der Waals surface area contributed by atoms with E-state index in [4.69, 9.17) is 0 Å². The molecule has 0 aromatic heterocycles. The molecule has 0 bridgehead atoms. The van der Waals surface area contributed by atoms with Crippen molar-refractivity contribution >= 4 is 17.7 Å². The van der Waals surface area contributed by atoms with Gasteiger partial charge in [-0.2, -0.15) is 0 Å². The first-order valence-electron chi connectivity index (χ1n) is 11.3. The summed E-state index contributed by atoms with van der Waals surface area (Å²) in [7, 11) is 0. The highest BCUT2D eigenvalue weighted by atomic mass is 16.2. The molecule has 3 amide bonds. The van der Waals surface area contributed by atoms with E-state index < -0.39 is 17.5 Å². The number of benzene rings is 3. The molecule has 5 rings (SSSR count). The van der Waals surface area contributed by atoms with Crippen LogP contribution in [0.25, 0.3) is 0 Å². The number of hydrogen-bond acceptors (Lipinski definition) is 3. The molecule has 1 fully saturated rings. The van der Waals surface area contributed by atoms with Gasteiger partial charge < -0.3 is 5.32 Å². The van der Waals surface area contributed by atoms with Crippen LogP contribution in [0.15, 0.2) is 66.7 Å². The Hall–Kier alpha value is -3.73. The first-order chi connectivity index (χ1) is 15.9. The molecule has 1 heterocycles. The van der Waals surface area contributed by atoms with Crippen LogP contribution in [0.3, 0.4) is 0 Å². The number of aryl methyl sites for hydroxylation is 4. The van der Waals surface area contributed by atoms with Crippen molar-refractivity contribution in [3.8, 4) is 0 Å². The lowest BCUT2D eigenvalue weighted by Crippen LogP contribution is -2.45. The second-order valence-electron chi connectivity index (χ2n) is 9.00. The van der Waals surface area contributed by atoms with Crippen LogP contribution in [0.5, 0.6) is 0 Å². The molecule has 1 aliphatic carbocycles. The molecule has 3 aromatic carbocycles. The molecule has 1 atom stereocenters. The number of Topliss-reactive ketones (excluding diaryl/α,β-unsaturated/α-hetero) is 1. The molecule has 2 aliphatic rings. The van der Waals surface area contributed by atoms with E-state index in [1.54, 1.807) is 6.07 Å². The zero-order valence-corrected chi connectivity index (χ0v) is 18.9. The van der Waals surface area contributed by atoms with Gasteiger partial charge in [0.25, 0.3) is 5.91 Å². The Bertz CT molecular complexity index is 1280. The summed E-state index contributed by atoms with van der Waals surface area (Å²) >= 11 is 0. The molecule has 0 unspecified atom stereocenters. The van der Waals surface area contributed by atoms with E-state index in [1.165, 1.54) is 11.1 Å². The lowest BCUT2D eigenvalue weighted by atomic mass is 9.81. The largest absolute Gasteiger partial charge is 0.325 e. The summed E-state index contributed by atoms with van der Waals surface area (Å²) in [6, 6.07) is 20.1. The fourth-order valence-corrected chi connectivity index (χ4v) is 4.92. The van der Waals surface area contributed by atoms with E-state index >= 15 is 0 Å². The van der Waals surface area contributed by atoms with E-state index in [2.05, 4.69) is 5.32 Å². The number of fused-ring (bicyclic) bond motifs is 1. The van der Waals surface area contributed by atoms with Gasteiger partial charge in [0.1, 0.15) is 0 Å². The van der Waals surface area contributed by atoms with Gasteiger partial charge in [-0.25, -0.2) is 4.79 Å². The maximum Gasteiger partial charge on any atom is 0.325 e. The number of rotatable bonds is 5. The molecule has 0 spiro atoms. The Morgan fingerprint density at radius 3 is 2.39 bits per heavy atom. The number of hydrogen-bond donors (Lipinski definition) is 1. The molecule has 1 saturated heterocycles. The van der Waals surface area contributed by atoms with E-state index in [1.807, 2.05) is 74.5 Å². The zero-order chi connectivity index (χ0) is 23.2. The van der Waals surface area contributed by atoms with Crippen molar-refractivity contribution in [1.82, 2.24) is 10.2 Å². The number of imide groups is 1. The molecule has 33 heavy (non-hydrogen) atoms. The first kappa shape index (κ1) is 21.1. The number of amides is 3. The van der Waals surface area contributed by atoms with Crippen molar-refractivity contribution in [1.29, 1.82) is 0 Å². The molecule has 3 aromatic rings. The highest BCUT2D eigenvalue weighted by Crippen LogP contribution is 2.37. The number of carbonyl (C=O) groups excluding carboxylic acids is 3. The molecule has 0 radical (unpaired) electrons. The Labute approximate surface area is 193 Å². The van der Waals surface area contributed by atoms with E-state index in [-0.39, 0.29) is 12.3 Å². The van der Waals surface area contributed by atoms with Crippen molar-refractivity contribution in [3.63, 3.8) is 0 Å². The first-order valence-corrected chi connectivity index (χ1v) is 11.3. The summed E-state index contributed by atoms with van der Waals surface area (Å²) in [6.45, 7) is 3.70. The summed E-state index contributed by atoms with van der Waals surface area (Å²) in [5.41, 5.74) is 5.11. The summed E-state index contributed by atoms with van der Waals surface area (Å²) in [4.78, 5) is 41.1. The highest BCUT2D eigenvalue weighted by Gasteiger charge is 2.54. The average Bonchev–Trinajstić information content (AvgIpc) is 3.39. The molecule has 166 valence electrons. The summed E-state index contributed by atoms with van der Waals surface area (Å²) in [5, 5.41) is 2.93. The van der Waals surface area contributed by atoms with Crippen LogP contribution in [0, 0.1) is 13.8 Å². The summed E-state index contributed by atoms with van der Waals surface area (Å²) < 4.78 is 0. The van der Waals surface area contributed by atoms with Crippen LogP contribution in [-0.4, -0.2) is 29.2 Å². The molecule has 5 nitrogen and oxygen atoms in total. The van der Waals surface area contributed by atoms with Gasteiger partial charge in [-0.05, 0) is 72.6 Å². The van der Waals surface area contributed by atoms with Crippen LogP contribution < -0.4 is 5.32 Å². The van der Waals surface area contributed by atoms with Crippen molar-refractivity contribution in [3.05, 3.63) is 106 Å². The smallest absolute Gasteiger partial charge is 0.315 e. The maximum atomic E-state index is 13.9. The van der Waals surface area contributed by atoms with Gasteiger partial charge in [0.2, 0.25) is 0 Å². The molecule has 1 aliphatic heterocycles. The third-order valence-electron chi connectivity index (χ3n) is 6.97. The lowest BCUT2D eigenvalue weighted by Gasteiger charge is -2.28. The predicted octanol–water partition coefficient (Wildman–Crippen LogP) is 4.47. The van der Waals surface area contributed by atoms with E-state index in [0.29, 0.717) is 16.7 Å². The minimum atomic E-state index is -1.37. The van der Waals surface area contributed by atoms with Crippen molar-refractivity contribution in [2.45, 2.75) is 38.6 Å². The normalized spacial score (nSPS) is 19.5. The quantitative estimate of drug-likeness (QED) is 0.472. The third-order valence-corrected chi connectivity index (χ3v) is 6.97. The van der Waals surface area contributed by atoms with Gasteiger partial charge >= 0.3 is 6.03 Å². The fourth-order valence-electron chi connectivity index (χ4n) is 4.92. The zero-order valence-electron chi connectivity index (χ0n) is 18.9. The second kappa shape index (κ2) is 8.00. The monoisotopic (exact) mass is 438 g/mol. The molecular weight excluding hydrogens is 412 g/mol. The maximum absolute atomic E-state index is 13.9. The topological polar surface area (TPSA) is 66.5 Å². The van der Waals surface area contributed by atoms with Gasteiger partial charge in [0.05, 0.1) is 6.54 Å². The average molecular weight is 439 g/mol. The van der Waals surface area contributed by atoms with E-state index in [0.717, 1.165) is 35.3 Å². The van der Waals surface area contributed by atoms with Crippen LogP contribution in [0.2, 0.25) is 0 Å². The van der Waals surface area contributed by atoms with Crippen molar-refractivity contribution in [2.75, 3.05) is 6.54 Å². The Balaban J connectivity index is 1.52. The van der Waals surface area contributed by atoms with Crippen LogP contribution in [-0.2, 0) is 23.2 Å². The van der Waals surface area contributed by atoms with Crippen LogP contribution >= 0.6 is 0 Å². The predicted molar refractivity (Wildman–Crippen MR) is 126 cm³/mol. The Kier molecular flexibility index (Phi) is 5.12. The lowest BCUT2D eigenvalue weighted by molar-refractivity contribution is -0.129. The van der Waals surface area contributed by atoms with Crippen molar-refractivity contribution < 1.29 is 14.4 Å². The van der Waals surface area contributed by atoms with Crippen LogP contribution in [0.4, 0.5) is 4.79 Å². The van der Waals surface area contributed by atoms with Gasteiger partial charge in [-0.15, -0.1) is 0 Å². The number of nitrogens with one attached hydrogen (secondary N) is 1. The molecule has 5 heteroatoms. The van der Waals surface area contributed by atoms with Gasteiger partial charge in [0, 0.05) is 5.56 Å². The van der Waals surface area contributed by atoms with Crippen LogP contribution in [0.1, 0.15) is 50.2 Å². The molecular formula is C28H26N2O3. The highest BCUT2D eigenvalue weighted by molar-refractivity contribution is 6.13. The van der Waals surface area contributed by atoms with Gasteiger partial charge in [0.15, 0.2) is 11.3 Å². The van der Waals surface area contributed by atoms with Gasteiger partial charge in [-0.3, -0.25) is 14.5 Å². The number of carbonyl (C=O) groups is 3. The Morgan fingerprint density at radius 2 is 1.64 bits per heavy atom. The number of nitrogens with zero attached hydrogens (tertiary/aromatic N) is 1. The number of ketones is 1. The Morgan fingerprint density at radius 1 is 0.879 bits per heavy atom. The summed E-state index contributed by atoms with van der Waals surface area (Å²) in [5.74, 6) is -0.673. The summed E-state index contributed by atoms with van der Waals surface area (Å²) in [6.07, 6.45) is 3.09. The van der Waals surface area contributed by atoms with Gasteiger partial charge in [-0.1, -0.05) is 60.7 Å². The SMILES string of the molecule is Cc1ccc([C@@]2(c3ccccc3)NC(=O)N(CC(=O)c3ccc4c(c3)CCC4)C2=O)cc1C. The molecule has 1 N–H and O–H groups in total. The second-order valence-corrected chi connectivity index (χ2v) is 9.00. The minimum Gasteiger partial charge on any atom is -0.315 e. The standard InChI is InChI=1S/C28H26N2O3/c1-18-11-14-24(15-19(18)2)28(23-9-4-3-5-10-23)26(32)30(27(33)29-28)17-25(31)22-13-12-20-7-6-8-21(20)16-22/h3-5,9-16H,6-8,17H2,1-2H3,(H,29,33)/t28-/m1/s1.